The molecule has 2 saturated carbocycles. The van der Waals surface area contributed by atoms with E-state index in [9.17, 15) is 9.90 Å². The third kappa shape index (κ3) is 4.05. The Bertz CT molecular complexity index is 773. The van der Waals surface area contributed by atoms with Gasteiger partial charge in [0.05, 0.1) is 14.7 Å². The van der Waals surface area contributed by atoms with Gasteiger partial charge in [0.15, 0.2) is 0 Å². The van der Waals surface area contributed by atoms with Crippen molar-refractivity contribution in [1.29, 1.82) is 0 Å². The Kier molecular flexibility index (Phi) is 6.32. The van der Waals surface area contributed by atoms with Gasteiger partial charge in [-0.1, -0.05) is 69.4 Å². The quantitative estimate of drug-likeness (QED) is 0.453. The molecule has 1 aromatic rings. The number of aliphatic hydroxyl groups excluding tert-OH is 1. The summed E-state index contributed by atoms with van der Waals surface area (Å²) in [5.74, 6) is 1.36. The van der Waals surface area contributed by atoms with Gasteiger partial charge < -0.3 is 5.11 Å². The summed E-state index contributed by atoms with van der Waals surface area (Å²) in [6.45, 7) is 14.0. The summed E-state index contributed by atoms with van der Waals surface area (Å²) >= 11 is 0. The van der Waals surface area contributed by atoms with E-state index < -0.39 is 8.07 Å². The Balaban J connectivity index is 1.73. The second kappa shape index (κ2) is 8.15. The molecule has 2 aliphatic rings. The van der Waals surface area contributed by atoms with Crippen molar-refractivity contribution < 1.29 is 9.90 Å². The first-order valence-electron chi connectivity index (χ1n) is 11.4. The van der Waals surface area contributed by atoms with Crippen LogP contribution in [0.5, 0.6) is 0 Å². The van der Waals surface area contributed by atoms with Crippen LogP contribution in [0.25, 0.3) is 0 Å². The normalized spacial score (nSPS) is 30.2. The predicted octanol–water partition coefficient (Wildman–Crippen LogP) is 6.09. The zero-order chi connectivity index (χ0) is 21.4. The van der Waals surface area contributed by atoms with Gasteiger partial charge in [0, 0.05) is 17.4 Å². The number of allylic oxidation sites excluding steroid dienone is 2. The van der Waals surface area contributed by atoms with E-state index in [1.165, 1.54) is 29.5 Å². The van der Waals surface area contributed by atoms with Crippen LogP contribution in [0.4, 0.5) is 0 Å². The highest BCUT2D eigenvalue weighted by atomic mass is 28.3. The molecule has 0 saturated heterocycles. The molecule has 1 N–H and O–H groups in total. The van der Waals surface area contributed by atoms with Gasteiger partial charge in [-0.25, -0.2) is 0 Å². The number of aliphatic hydroxyl groups is 1. The van der Waals surface area contributed by atoms with Crippen LogP contribution in [0.15, 0.2) is 35.9 Å². The molecule has 0 aromatic heterocycles. The van der Waals surface area contributed by atoms with Crippen molar-refractivity contribution in [3.05, 3.63) is 47.0 Å². The van der Waals surface area contributed by atoms with Crippen molar-refractivity contribution >= 4 is 13.9 Å². The van der Waals surface area contributed by atoms with E-state index in [1.807, 2.05) is 0 Å². The van der Waals surface area contributed by atoms with Gasteiger partial charge >= 0.3 is 0 Å². The van der Waals surface area contributed by atoms with Crippen LogP contribution in [0.3, 0.4) is 0 Å². The molecule has 4 atom stereocenters. The number of carbonyl (C=O) groups is 1. The van der Waals surface area contributed by atoms with E-state index in [2.05, 4.69) is 70.8 Å². The molecular weight excluding hydrogens is 372 g/mol. The highest BCUT2D eigenvalue weighted by Crippen LogP contribution is 2.56. The van der Waals surface area contributed by atoms with Crippen LogP contribution in [-0.4, -0.2) is 25.6 Å². The number of ketones is 1. The molecule has 0 aliphatic heterocycles. The smallest absolute Gasteiger partial charge is 0.136 e. The van der Waals surface area contributed by atoms with Gasteiger partial charge in [-0.05, 0) is 61.5 Å². The first kappa shape index (κ1) is 22.5. The van der Waals surface area contributed by atoms with E-state index in [0.29, 0.717) is 17.6 Å². The average molecular weight is 413 g/mol. The van der Waals surface area contributed by atoms with Crippen molar-refractivity contribution in [2.75, 3.05) is 6.61 Å². The summed E-state index contributed by atoms with van der Waals surface area (Å²) in [4.78, 5) is 12.4. The molecule has 3 rings (SSSR count). The molecule has 29 heavy (non-hydrogen) atoms. The van der Waals surface area contributed by atoms with Gasteiger partial charge in [-0.2, -0.15) is 0 Å². The third-order valence-electron chi connectivity index (χ3n) is 8.64. The lowest BCUT2D eigenvalue weighted by Gasteiger charge is -2.40. The number of benzene rings is 1. The lowest BCUT2D eigenvalue weighted by Crippen LogP contribution is -2.49. The van der Waals surface area contributed by atoms with Crippen LogP contribution in [0, 0.1) is 17.3 Å². The Morgan fingerprint density at radius 1 is 1.24 bits per heavy atom. The monoisotopic (exact) mass is 412 g/mol. The van der Waals surface area contributed by atoms with Gasteiger partial charge in [-0.3, -0.25) is 4.79 Å². The zero-order valence-corrected chi connectivity index (χ0v) is 20.3. The van der Waals surface area contributed by atoms with E-state index in [1.54, 1.807) is 0 Å². The second-order valence-corrected chi connectivity index (χ2v) is 16.7. The lowest BCUT2D eigenvalue weighted by molar-refractivity contribution is -0.129. The number of hydrogen-bond donors (Lipinski definition) is 1. The van der Waals surface area contributed by atoms with Crippen molar-refractivity contribution in [2.45, 2.75) is 84.0 Å². The van der Waals surface area contributed by atoms with Crippen molar-refractivity contribution in [3.8, 4) is 0 Å². The fourth-order valence-corrected chi connectivity index (χ4v) is 7.38. The first-order chi connectivity index (χ1) is 13.5. The largest absolute Gasteiger partial charge is 0.396 e. The number of fused-ring (bicyclic) bond motifs is 1. The second-order valence-electron chi connectivity index (χ2n) is 11.1. The predicted molar refractivity (Wildman–Crippen MR) is 125 cm³/mol. The van der Waals surface area contributed by atoms with Crippen LogP contribution in [0.2, 0.25) is 19.6 Å². The Hall–Kier alpha value is -1.19. The SMILES string of the molecule is CC(=CCc1ccc(C(C)(CO)[Si](C)(C)C)cc1)[C@H]1CC[C@H]2C(=O)CCC[C@]12C. The molecule has 0 spiro atoms. The molecule has 2 fully saturated rings. The van der Waals surface area contributed by atoms with E-state index in [0.717, 1.165) is 25.7 Å². The molecule has 1 aromatic carbocycles. The maximum atomic E-state index is 12.4. The fourth-order valence-electron chi connectivity index (χ4n) is 5.87. The Morgan fingerprint density at radius 2 is 1.90 bits per heavy atom. The minimum absolute atomic E-state index is 0.113. The molecule has 2 nitrogen and oxygen atoms in total. The number of carbonyl (C=O) groups excluding carboxylic acids is 1. The highest BCUT2D eigenvalue weighted by molar-refractivity contribution is 6.79. The summed E-state index contributed by atoms with van der Waals surface area (Å²) < 4.78 is 0. The van der Waals surface area contributed by atoms with Gasteiger partial charge in [0.2, 0.25) is 0 Å². The minimum Gasteiger partial charge on any atom is -0.396 e. The zero-order valence-electron chi connectivity index (χ0n) is 19.3. The summed E-state index contributed by atoms with van der Waals surface area (Å²) in [7, 11) is -1.54. The fraction of sp³-hybridized carbons (Fsp3) is 0.654. The molecule has 0 radical (unpaired) electrons. The summed E-state index contributed by atoms with van der Waals surface area (Å²) in [5.41, 5.74) is 4.23. The number of hydrogen-bond acceptors (Lipinski definition) is 2. The van der Waals surface area contributed by atoms with Crippen LogP contribution < -0.4 is 0 Å². The molecule has 2 aliphatic carbocycles. The lowest BCUT2D eigenvalue weighted by atomic mass is 9.63. The Morgan fingerprint density at radius 3 is 2.48 bits per heavy atom. The molecule has 0 amide bonds. The Labute approximate surface area is 178 Å². The standard InChI is InChI=1S/C26H40O2Si/c1-19(22-15-16-23-24(28)8-7-17-25(22,23)2)9-10-20-11-13-21(14-12-20)26(3,18-27)29(4,5)6/h9,11-14,22-23,27H,7-8,10,15-18H2,1-6H3/t22-,23+,25-,26?/m1/s1. The van der Waals surface area contributed by atoms with E-state index in [-0.39, 0.29) is 17.1 Å². The summed E-state index contributed by atoms with van der Waals surface area (Å²) in [5, 5.41) is 9.97. The number of rotatable bonds is 6. The molecule has 160 valence electrons. The topological polar surface area (TPSA) is 37.3 Å². The molecular formula is C26H40O2Si. The van der Waals surface area contributed by atoms with Gasteiger partial charge in [0.1, 0.15) is 5.78 Å². The van der Waals surface area contributed by atoms with E-state index in [4.69, 9.17) is 0 Å². The average Bonchev–Trinajstić information content (AvgIpc) is 3.03. The first-order valence-corrected chi connectivity index (χ1v) is 14.9. The van der Waals surface area contributed by atoms with Gasteiger partial charge in [0.25, 0.3) is 0 Å². The van der Waals surface area contributed by atoms with Crippen molar-refractivity contribution in [2.24, 2.45) is 17.3 Å². The number of Topliss-reactive ketones (excluding diaryl/α,β-unsaturated/α-hetero) is 1. The van der Waals surface area contributed by atoms with Crippen molar-refractivity contribution in [1.82, 2.24) is 0 Å². The highest BCUT2D eigenvalue weighted by Gasteiger charge is 2.51. The maximum absolute atomic E-state index is 12.4. The molecule has 0 bridgehead atoms. The molecule has 1 unspecified atom stereocenters. The molecule has 0 heterocycles. The minimum atomic E-state index is -1.54. The maximum Gasteiger partial charge on any atom is 0.136 e. The summed E-state index contributed by atoms with van der Waals surface area (Å²) in [6.07, 6.45) is 8.65. The van der Waals surface area contributed by atoms with Crippen LogP contribution in [0.1, 0.15) is 64.0 Å². The van der Waals surface area contributed by atoms with Crippen LogP contribution >= 0.6 is 0 Å². The third-order valence-corrected chi connectivity index (χ3v) is 12.4. The van der Waals surface area contributed by atoms with Gasteiger partial charge in [-0.15, -0.1) is 0 Å². The van der Waals surface area contributed by atoms with E-state index >= 15 is 0 Å². The van der Waals surface area contributed by atoms with Crippen LogP contribution in [-0.2, 0) is 16.3 Å². The molecule has 3 heteroatoms. The van der Waals surface area contributed by atoms with Crippen molar-refractivity contribution in [3.63, 3.8) is 0 Å². The summed E-state index contributed by atoms with van der Waals surface area (Å²) in [6, 6.07) is 8.91.